The first-order valence-electron chi connectivity index (χ1n) is 13.8. The van der Waals surface area contributed by atoms with Crippen molar-refractivity contribution in [1.29, 1.82) is 0 Å². The van der Waals surface area contributed by atoms with Crippen molar-refractivity contribution >= 4 is 11.8 Å². The van der Waals surface area contributed by atoms with E-state index in [2.05, 4.69) is 4.90 Å². The summed E-state index contributed by atoms with van der Waals surface area (Å²) in [7, 11) is 0. The summed E-state index contributed by atoms with van der Waals surface area (Å²) in [5.74, 6) is -0.344. The molecule has 3 aromatic rings. The maximum atomic E-state index is 12.8. The molecular formula is C33H39NO4. The predicted molar refractivity (Wildman–Crippen MR) is 150 cm³/mol. The van der Waals surface area contributed by atoms with E-state index >= 15 is 0 Å². The average Bonchev–Trinajstić information content (AvgIpc) is 2.97. The van der Waals surface area contributed by atoms with Crippen LogP contribution in [0, 0.1) is 5.92 Å². The van der Waals surface area contributed by atoms with E-state index in [1.165, 1.54) is 0 Å². The van der Waals surface area contributed by atoms with E-state index in [4.69, 9.17) is 4.74 Å². The van der Waals surface area contributed by atoms with Crippen LogP contribution >= 0.6 is 0 Å². The number of Topliss-reactive ketones (excluding diaryl/α,β-unsaturated/α-hetero) is 1. The fourth-order valence-electron chi connectivity index (χ4n) is 5.57. The standard InChI is InChI=1S/C33H39NO4/c1-3-38-32(36)25(2)26-16-18-27(19-17-26)31(35)15-10-22-34-23-20-30(21-24-34)33(37,28-11-6-4-7-12-28)29-13-8-5-9-14-29/h4-9,11-14,16-19,25,30,37H,3,10,15,20-24H2,1-2H3. The lowest BCUT2D eigenvalue weighted by Gasteiger charge is -2.42. The van der Waals surface area contributed by atoms with Crippen LogP contribution in [0.4, 0.5) is 0 Å². The number of nitrogens with zero attached hydrogens (tertiary/aromatic N) is 1. The lowest BCUT2D eigenvalue weighted by atomic mass is 9.72. The van der Waals surface area contributed by atoms with Crippen molar-refractivity contribution in [3.63, 3.8) is 0 Å². The molecule has 0 saturated carbocycles. The summed E-state index contributed by atoms with van der Waals surface area (Å²) in [6, 6.07) is 27.3. The van der Waals surface area contributed by atoms with Gasteiger partial charge in [0.05, 0.1) is 12.5 Å². The van der Waals surface area contributed by atoms with E-state index in [9.17, 15) is 14.7 Å². The number of hydrogen-bond donors (Lipinski definition) is 1. The number of carbonyl (C=O) groups excluding carboxylic acids is 2. The second-order valence-electron chi connectivity index (χ2n) is 10.2. The number of hydrogen-bond acceptors (Lipinski definition) is 5. The zero-order valence-corrected chi connectivity index (χ0v) is 22.5. The Morgan fingerprint density at radius 2 is 1.47 bits per heavy atom. The fourth-order valence-corrected chi connectivity index (χ4v) is 5.57. The summed E-state index contributed by atoms with van der Waals surface area (Å²) in [5, 5.41) is 12.1. The summed E-state index contributed by atoms with van der Waals surface area (Å²) < 4.78 is 5.09. The Morgan fingerprint density at radius 1 is 0.921 bits per heavy atom. The molecule has 0 aromatic heterocycles. The van der Waals surface area contributed by atoms with Crippen molar-refractivity contribution in [3.8, 4) is 0 Å². The molecule has 1 N–H and O–H groups in total. The molecule has 1 fully saturated rings. The van der Waals surface area contributed by atoms with Crippen molar-refractivity contribution in [2.75, 3.05) is 26.2 Å². The number of benzene rings is 3. The third-order valence-corrected chi connectivity index (χ3v) is 7.86. The van der Waals surface area contributed by atoms with Crippen LogP contribution in [-0.4, -0.2) is 48.0 Å². The molecule has 1 unspecified atom stereocenters. The highest BCUT2D eigenvalue weighted by Gasteiger charge is 2.41. The van der Waals surface area contributed by atoms with Crippen molar-refractivity contribution in [2.24, 2.45) is 5.92 Å². The Balaban J connectivity index is 1.29. The molecule has 4 rings (SSSR count). The number of rotatable bonds is 11. The molecule has 1 heterocycles. The molecule has 1 aliphatic rings. The molecular weight excluding hydrogens is 474 g/mol. The topological polar surface area (TPSA) is 66.8 Å². The highest BCUT2D eigenvalue weighted by atomic mass is 16.5. The first-order valence-corrected chi connectivity index (χ1v) is 13.8. The van der Waals surface area contributed by atoms with E-state index in [1.807, 2.05) is 91.9 Å². The molecule has 1 atom stereocenters. The van der Waals surface area contributed by atoms with E-state index in [0.29, 0.717) is 18.6 Å². The number of likely N-dealkylation sites (tertiary alicyclic amines) is 1. The molecule has 0 spiro atoms. The minimum Gasteiger partial charge on any atom is -0.466 e. The van der Waals surface area contributed by atoms with Gasteiger partial charge in [0, 0.05) is 12.0 Å². The largest absolute Gasteiger partial charge is 0.466 e. The van der Waals surface area contributed by atoms with Gasteiger partial charge in [-0.2, -0.15) is 0 Å². The maximum absolute atomic E-state index is 12.8. The number of ketones is 1. The van der Waals surface area contributed by atoms with Gasteiger partial charge in [-0.05, 0) is 75.4 Å². The van der Waals surface area contributed by atoms with Gasteiger partial charge < -0.3 is 14.7 Å². The Kier molecular flexibility index (Phi) is 9.48. The summed E-state index contributed by atoms with van der Waals surface area (Å²) in [6.07, 6.45) is 3.08. The highest BCUT2D eigenvalue weighted by molar-refractivity contribution is 5.96. The second-order valence-corrected chi connectivity index (χ2v) is 10.2. The van der Waals surface area contributed by atoms with Crippen molar-refractivity contribution < 1.29 is 19.4 Å². The Bertz CT molecular complexity index is 1130. The van der Waals surface area contributed by atoms with Gasteiger partial charge in [-0.25, -0.2) is 0 Å². The van der Waals surface area contributed by atoms with Crippen molar-refractivity contribution in [3.05, 3.63) is 107 Å². The number of ether oxygens (including phenoxy) is 1. The van der Waals surface area contributed by atoms with Gasteiger partial charge in [-0.3, -0.25) is 9.59 Å². The van der Waals surface area contributed by atoms with E-state index < -0.39 is 5.60 Å². The van der Waals surface area contributed by atoms with Gasteiger partial charge in [-0.1, -0.05) is 84.9 Å². The van der Waals surface area contributed by atoms with Gasteiger partial charge in [0.2, 0.25) is 0 Å². The van der Waals surface area contributed by atoms with Crippen LogP contribution in [-0.2, 0) is 15.1 Å². The van der Waals surface area contributed by atoms with Crippen molar-refractivity contribution in [2.45, 2.75) is 51.0 Å². The van der Waals surface area contributed by atoms with E-state index in [0.717, 1.165) is 55.6 Å². The zero-order valence-electron chi connectivity index (χ0n) is 22.5. The molecule has 38 heavy (non-hydrogen) atoms. The maximum Gasteiger partial charge on any atom is 0.313 e. The van der Waals surface area contributed by atoms with Gasteiger partial charge >= 0.3 is 5.97 Å². The Hall–Kier alpha value is -3.28. The molecule has 200 valence electrons. The number of carbonyl (C=O) groups is 2. The second kappa shape index (κ2) is 13.0. The average molecular weight is 514 g/mol. The number of esters is 1. The lowest BCUT2D eigenvalue weighted by molar-refractivity contribution is -0.144. The molecule has 0 bridgehead atoms. The smallest absolute Gasteiger partial charge is 0.313 e. The van der Waals surface area contributed by atoms with E-state index in [1.54, 1.807) is 6.92 Å². The summed E-state index contributed by atoms with van der Waals surface area (Å²) in [5.41, 5.74) is 2.41. The molecule has 5 nitrogen and oxygen atoms in total. The lowest BCUT2D eigenvalue weighted by Crippen LogP contribution is -2.44. The molecule has 1 aliphatic heterocycles. The minimum atomic E-state index is -1.01. The van der Waals surface area contributed by atoms with Crippen LogP contribution in [0.2, 0.25) is 0 Å². The van der Waals surface area contributed by atoms with Gasteiger partial charge in [-0.15, -0.1) is 0 Å². The molecule has 0 amide bonds. The normalized spacial score (nSPS) is 15.7. The summed E-state index contributed by atoms with van der Waals surface area (Å²) in [4.78, 5) is 27.1. The van der Waals surface area contributed by atoms with Gasteiger partial charge in [0.1, 0.15) is 5.60 Å². The van der Waals surface area contributed by atoms with Crippen LogP contribution in [0.25, 0.3) is 0 Å². The monoisotopic (exact) mass is 513 g/mol. The molecule has 3 aromatic carbocycles. The van der Waals surface area contributed by atoms with Crippen molar-refractivity contribution in [1.82, 2.24) is 4.90 Å². The van der Waals surface area contributed by atoms with Crippen LogP contribution in [0.3, 0.4) is 0 Å². The highest BCUT2D eigenvalue weighted by Crippen LogP contribution is 2.41. The number of aliphatic hydroxyl groups is 1. The third kappa shape index (κ3) is 6.40. The third-order valence-electron chi connectivity index (χ3n) is 7.86. The number of piperidine rings is 1. The quantitative estimate of drug-likeness (QED) is 0.253. The molecule has 1 saturated heterocycles. The van der Waals surface area contributed by atoms with Crippen LogP contribution in [0.5, 0.6) is 0 Å². The molecule has 0 radical (unpaired) electrons. The minimum absolute atomic E-state index is 0.123. The first kappa shape index (κ1) is 27.7. The zero-order chi connectivity index (χ0) is 27.0. The molecule has 5 heteroatoms. The van der Waals surface area contributed by atoms with Gasteiger partial charge in [0.15, 0.2) is 5.78 Å². The van der Waals surface area contributed by atoms with Crippen LogP contribution in [0.15, 0.2) is 84.9 Å². The predicted octanol–water partition coefficient (Wildman–Crippen LogP) is 5.96. The molecule has 0 aliphatic carbocycles. The van der Waals surface area contributed by atoms with E-state index in [-0.39, 0.29) is 23.6 Å². The van der Waals surface area contributed by atoms with Crippen LogP contribution < -0.4 is 0 Å². The SMILES string of the molecule is CCOC(=O)C(C)c1ccc(C(=O)CCCN2CCC(C(O)(c3ccccc3)c3ccccc3)CC2)cc1. The van der Waals surface area contributed by atoms with Crippen LogP contribution in [0.1, 0.15) is 72.5 Å². The first-order chi connectivity index (χ1) is 18.4. The summed E-state index contributed by atoms with van der Waals surface area (Å²) in [6.45, 7) is 6.65. The fraction of sp³-hybridized carbons (Fsp3) is 0.394. The Labute approximate surface area is 226 Å². The Morgan fingerprint density at radius 3 is 2.00 bits per heavy atom. The van der Waals surface area contributed by atoms with Gasteiger partial charge in [0.25, 0.3) is 0 Å². The summed E-state index contributed by atoms with van der Waals surface area (Å²) >= 11 is 0.